The fourth-order valence-corrected chi connectivity index (χ4v) is 3.41. The highest BCUT2D eigenvalue weighted by atomic mass is 16.2. The molecule has 1 aromatic rings. The van der Waals surface area contributed by atoms with E-state index in [1.54, 1.807) is 0 Å². The van der Waals surface area contributed by atoms with E-state index < -0.39 is 0 Å². The zero-order valence-electron chi connectivity index (χ0n) is 11.3. The summed E-state index contributed by atoms with van der Waals surface area (Å²) in [6.07, 6.45) is 6.45. The van der Waals surface area contributed by atoms with Crippen molar-refractivity contribution in [1.29, 1.82) is 0 Å². The second kappa shape index (κ2) is 5.33. The third kappa shape index (κ3) is 2.39. The fraction of sp³-hybridized carbons (Fsp3) is 0.562. The molecular formula is C16H22N2O. The number of benzene rings is 1. The molecule has 2 unspecified atom stereocenters. The van der Waals surface area contributed by atoms with Crippen LogP contribution >= 0.6 is 0 Å². The molecule has 1 saturated carbocycles. The molecule has 1 heterocycles. The number of fused-ring (bicyclic) bond motifs is 1. The molecule has 19 heavy (non-hydrogen) atoms. The van der Waals surface area contributed by atoms with Crippen LogP contribution in [0.5, 0.6) is 0 Å². The number of para-hydroxylation sites is 1. The molecule has 1 aromatic carbocycles. The van der Waals surface area contributed by atoms with Gasteiger partial charge < -0.3 is 10.6 Å². The summed E-state index contributed by atoms with van der Waals surface area (Å²) in [6, 6.07) is 8.28. The molecule has 2 aliphatic rings. The fourth-order valence-electron chi connectivity index (χ4n) is 3.41. The van der Waals surface area contributed by atoms with E-state index in [4.69, 9.17) is 5.73 Å². The summed E-state index contributed by atoms with van der Waals surface area (Å²) in [7, 11) is 0. The van der Waals surface area contributed by atoms with Gasteiger partial charge in [-0.05, 0) is 30.9 Å². The maximum atomic E-state index is 12.8. The van der Waals surface area contributed by atoms with Gasteiger partial charge in [0.2, 0.25) is 5.91 Å². The molecule has 3 heteroatoms. The average Bonchev–Trinajstić information content (AvgIpc) is 2.74. The van der Waals surface area contributed by atoms with Crippen molar-refractivity contribution in [1.82, 2.24) is 0 Å². The van der Waals surface area contributed by atoms with Crippen molar-refractivity contribution in [3.8, 4) is 0 Å². The summed E-state index contributed by atoms with van der Waals surface area (Å²) in [6.45, 7) is 0.821. The molecule has 0 bridgehead atoms. The van der Waals surface area contributed by atoms with Crippen LogP contribution < -0.4 is 10.6 Å². The maximum absolute atomic E-state index is 12.8. The van der Waals surface area contributed by atoms with Crippen LogP contribution in [-0.2, 0) is 11.2 Å². The molecule has 0 aromatic heterocycles. The Kier molecular flexibility index (Phi) is 3.56. The second-order valence-electron chi connectivity index (χ2n) is 5.78. The van der Waals surface area contributed by atoms with Gasteiger partial charge >= 0.3 is 0 Å². The number of carbonyl (C=O) groups excluding carboxylic acids is 1. The van der Waals surface area contributed by atoms with Gasteiger partial charge in [-0.25, -0.2) is 0 Å². The third-order valence-corrected chi connectivity index (χ3v) is 4.54. The molecule has 0 radical (unpaired) electrons. The van der Waals surface area contributed by atoms with Crippen LogP contribution in [0.15, 0.2) is 24.3 Å². The monoisotopic (exact) mass is 258 g/mol. The minimum atomic E-state index is 0.0219. The van der Waals surface area contributed by atoms with Crippen LogP contribution in [-0.4, -0.2) is 18.5 Å². The summed E-state index contributed by atoms with van der Waals surface area (Å²) in [5.74, 6) is 0.271. The van der Waals surface area contributed by atoms with E-state index in [-0.39, 0.29) is 17.9 Å². The Morgan fingerprint density at radius 3 is 2.84 bits per heavy atom. The Bertz CT molecular complexity index is 472. The van der Waals surface area contributed by atoms with Crippen molar-refractivity contribution in [2.75, 3.05) is 11.4 Å². The van der Waals surface area contributed by atoms with Gasteiger partial charge in [0.15, 0.2) is 0 Å². The molecule has 102 valence electrons. The van der Waals surface area contributed by atoms with Gasteiger partial charge in [0.1, 0.15) is 0 Å². The number of rotatable bonds is 1. The lowest BCUT2D eigenvalue weighted by molar-refractivity contribution is -0.123. The molecule has 3 rings (SSSR count). The van der Waals surface area contributed by atoms with Crippen LogP contribution in [0.25, 0.3) is 0 Å². The third-order valence-electron chi connectivity index (χ3n) is 4.54. The number of hydrogen-bond acceptors (Lipinski definition) is 2. The first kappa shape index (κ1) is 12.7. The Hall–Kier alpha value is -1.35. The van der Waals surface area contributed by atoms with Gasteiger partial charge in [0, 0.05) is 18.3 Å². The molecule has 0 saturated heterocycles. The highest BCUT2D eigenvalue weighted by molar-refractivity contribution is 5.97. The van der Waals surface area contributed by atoms with E-state index in [0.717, 1.165) is 37.9 Å². The molecule has 3 nitrogen and oxygen atoms in total. The Balaban J connectivity index is 1.81. The van der Waals surface area contributed by atoms with Crippen molar-refractivity contribution in [3.63, 3.8) is 0 Å². The number of anilines is 1. The van der Waals surface area contributed by atoms with E-state index in [2.05, 4.69) is 12.1 Å². The van der Waals surface area contributed by atoms with Crippen LogP contribution in [0.3, 0.4) is 0 Å². The average molecular weight is 258 g/mol. The topological polar surface area (TPSA) is 46.3 Å². The van der Waals surface area contributed by atoms with E-state index >= 15 is 0 Å². The molecule has 1 fully saturated rings. The minimum absolute atomic E-state index is 0.0219. The van der Waals surface area contributed by atoms with E-state index in [0.29, 0.717) is 0 Å². The number of hydrogen-bond donors (Lipinski definition) is 1. The Labute approximate surface area is 114 Å². The molecule has 2 N–H and O–H groups in total. The lowest BCUT2D eigenvalue weighted by atomic mass is 9.94. The zero-order valence-corrected chi connectivity index (χ0v) is 11.3. The van der Waals surface area contributed by atoms with Crippen LogP contribution in [0.2, 0.25) is 0 Å². The quantitative estimate of drug-likeness (QED) is 0.787. The number of amides is 1. The molecule has 1 aliphatic carbocycles. The highest BCUT2D eigenvalue weighted by Gasteiger charge is 2.33. The van der Waals surface area contributed by atoms with Gasteiger partial charge in [0.05, 0.1) is 5.92 Å². The smallest absolute Gasteiger partial charge is 0.231 e. The SMILES string of the molecule is NC1CCCCCC1C(=O)N1CCc2ccccc21. The van der Waals surface area contributed by atoms with Crippen LogP contribution in [0.1, 0.15) is 37.7 Å². The van der Waals surface area contributed by atoms with Crippen LogP contribution in [0.4, 0.5) is 5.69 Å². The summed E-state index contributed by atoms with van der Waals surface area (Å²) < 4.78 is 0. The van der Waals surface area contributed by atoms with Gasteiger partial charge in [-0.2, -0.15) is 0 Å². The first-order valence-electron chi connectivity index (χ1n) is 7.42. The van der Waals surface area contributed by atoms with Crippen molar-refractivity contribution < 1.29 is 4.79 Å². The normalized spacial score (nSPS) is 26.9. The minimum Gasteiger partial charge on any atom is -0.327 e. The number of carbonyl (C=O) groups is 1. The van der Waals surface area contributed by atoms with E-state index in [1.807, 2.05) is 17.0 Å². The zero-order chi connectivity index (χ0) is 13.2. The maximum Gasteiger partial charge on any atom is 0.231 e. The summed E-state index contributed by atoms with van der Waals surface area (Å²) in [5.41, 5.74) is 8.61. The lowest BCUT2D eigenvalue weighted by Crippen LogP contribution is -2.43. The molecule has 0 spiro atoms. The van der Waals surface area contributed by atoms with Gasteiger partial charge in [-0.15, -0.1) is 0 Å². The van der Waals surface area contributed by atoms with Crippen molar-refractivity contribution in [2.24, 2.45) is 11.7 Å². The van der Waals surface area contributed by atoms with Gasteiger partial charge in [0.25, 0.3) is 0 Å². The largest absolute Gasteiger partial charge is 0.327 e. The summed E-state index contributed by atoms with van der Waals surface area (Å²) >= 11 is 0. The number of nitrogens with two attached hydrogens (primary N) is 1. The van der Waals surface area contributed by atoms with Crippen LogP contribution in [0, 0.1) is 5.92 Å². The highest BCUT2D eigenvalue weighted by Crippen LogP contribution is 2.31. The Morgan fingerprint density at radius 2 is 1.95 bits per heavy atom. The van der Waals surface area contributed by atoms with Gasteiger partial charge in [-0.3, -0.25) is 4.79 Å². The summed E-state index contributed by atoms with van der Waals surface area (Å²) in [4.78, 5) is 14.7. The molecule has 1 amide bonds. The Morgan fingerprint density at radius 1 is 1.16 bits per heavy atom. The molecular weight excluding hydrogens is 236 g/mol. The predicted molar refractivity (Wildman–Crippen MR) is 77.0 cm³/mol. The predicted octanol–water partition coefficient (Wildman–Crippen LogP) is 2.48. The first-order valence-corrected chi connectivity index (χ1v) is 7.42. The first-order chi connectivity index (χ1) is 9.27. The van der Waals surface area contributed by atoms with Crippen molar-refractivity contribution in [3.05, 3.63) is 29.8 Å². The molecule has 1 aliphatic heterocycles. The second-order valence-corrected chi connectivity index (χ2v) is 5.78. The molecule has 2 atom stereocenters. The summed E-state index contributed by atoms with van der Waals surface area (Å²) in [5, 5.41) is 0. The van der Waals surface area contributed by atoms with Crippen molar-refractivity contribution >= 4 is 11.6 Å². The van der Waals surface area contributed by atoms with E-state index in [1.165, 1.54) is 18.4 Å². The van der Waals surface area contributed by atoms with Gasteiger partial charge in [-0.1, -0.05) is 37.5 Å². The van der Waals surface area contributed by atoms with E-state index in [9.17, 15) is 4.79 Å². The standard InChI is InChI=1S/C16H22N2O/c17-14-8-3-1-2-7-13(14)16(19)18-11-10-12-6-4-5-9-15(12)18/h4-6,9,13-14H,1-3,7-8,10-11,17H2. The van der Waals surface area contributed by atoms with Crippen molar-refractivity contribution in [2.45, 2.75) is 44.6 Å². The number of nitrogens with zero attached hydrogens (tertiary/aromatic N) is 1. The lowest BCUT2D eigenvalue weighted by Gasteiger charge is -2.26.